The number of nitrogens with one attached hydrogen (secondary N) is 1. The van der Waals surface area contributed by atoms with Crippen LogP contribution in [0.4, 0.5) is 4.79 Å². The molecule has 2 heterocycles. The van der Waals surface area contributed by atoms with Crippen molar-refractivity contribution in [3.8, 4) is 11.8 Å². The van der Waals surface area contributed by atoms with Crippen LogP contribution in [0.3, 0.4) is 0 Å². The van der Waals surface area contributed by atoms with Crippen LogP contribution in [0.2, 0.25) is 0 Å². The zero-order valence-corrected chi connectivity index (χ0v) is 17.6. The Kier molecular flexibility index (Phi) is 6.33. The fraction of sp³-hybridized carbons (Fsp3) is 0.476. The summed E-state index contributed by atoms with van der Waals surface area (Å²) in [5.74, 6) is 0.541. The monoisotopic (exact) mass is 416 g/mol. The lowest BCUT2D eigenvalue weighted by molar-refractivity contribution is 0.0126. The number of amides is 1. The highest BCUT2D eigenvalue weighted by molar-refractivity contribution is 6.21. The van der Waals surface area contributed by atoms with Crippen molar-refractivity contribution in [3.05, 3.63) is 35.4 Å². The van der Waals surface area contributed by atoms with E-state index in [1.54, 1.807) is 23.2 Å². The predicted molar refractivity (Wildman–Crippen MR) is 112 cm³/mol. The van der Waals surface area contributed by atoms with E-state index >= 15 is 0 Å². The van der Waals surface area contributed by atoms with Gasteiger partial charge in [0.25, 0.3) is 0 Å². The van der Waals surface area contributed by atoms with Crippen molar-refractivity contribution in [2.24, 2.45) is 4.99 Å². The van der Waals surface area contributed by atoms with E-state index in [2.05, 4.69) is 16.4 Å². The highest BCUT2D eigenvalue weighted by Crippen LogP contribution is 2.27. The molecule has 0 bridgehead atoms. The summed E-state index contributed by atoms with van der Waals surface area (Å²) in [6.45, 7) is 6.69. The van der Waals surface area contributed by atoms with Crippen molar-refractivity contribution in [2.45, 2.75) is 50.9 Å². The van der Waals surface area contributed by atoms with E-state index in [1.165, 1.54) is 0 Å². The molecule has 2 aliphatic rings. The van der Waals surface area contributed by atoms with E-state index in [-0.39, 0.29) is 12.2 Å². The van der Waals surface area contributed by atoms with Crippen LogP contribution < -0.4 is 10.1 Å². The second-order valence-electron chi connectivity index (χ2n) is 7.97. The quantitative estimate of drug-likeness (QED) is 0.597. The second-order valence-corrected chi connectivity index (χ2v) is 8.38. The fourth-order valence-electron chi connectivity index (χ4n) is 3.14. The van der Waals surface area contributed by atoms with E-state index in [1.807, 2.05) is 32.9 Å². The molecule has 7 nitrogen and oxygen atoms in total. The molecule has 1 amide bonds. The van der Waals surface area contributed by atoms with Gasteiger partial charge in [-0.25, -0.2) is 4.79 Å². The van der Waals surface area contributed by atoms with Gasteiger partial charge < -0.3 is 19.7 Å². The van der Waals surface area contributed by atoms with Crippen LogP contribution in [0.1, 0.15) is 44.7 Å². The van der Waals surface area contributed by atoms with Gasteiger partial charge in [0, 0.05) is 37.8 Å². The first kappa shape index (κ1) is 21.0. The van der Waals surface area contributed by atoms with E-state index in [4.69, 9.17) is 21.1 Å². The molecule has 0 radical (unpaired) electrons. The van der Waals surface area contributed by atoms with Gasteiger partial charge in [0.15, 0.2) is 5.62 Å². The number of nitrogens with zero attached hydrogens (tertiary/aromatic N) is 3. The first-order valence-electron chi connectivity index (χ1n) is 9.58. The van der Waals surface area contributed by atoms with Crippen LogP contribution in [0, 0.1) is 11.3 Å². The molecule has 1 unspecified atom stereocenters. The van der Waals surface area contributed by atoms with Crippen molar-refractivity contribution in [3.63, 3.8) is 0 Å². The smallest absolute Gasteiger partial charge is 0.410 e. The third-order valence-electron chi connectivity index (χ3n) is 4.53. The number of carbonyl (C=O) groups is 1. The molecule has 1 N–H and O–H groups in total. The number of allylic oxidation sites excluding steroid dienone is 1. The van der Waals surface area contributed by atoms with Crippen LogP contribution in [0.5, 0.6) is 5.75 Å². The van der Waals surface area contributed by atoms with Gasteiger partial charge in [-0.3, -0.25) is 4.99 Å². The number of hydrogen-bond acceptors (Lipinski definition) is 6. The van der Waals surface area contributed by atoms with Gasteiger partial charge in [0.2, 0.25) is 0 Å². The SMILES string of the molecule is CC(C)(C)OC(=O)N1CCC(Oc2ccc(C3=CC=NC(Cl)N3)cc2C#N)CC1. The Morgan fingerprint density at radius 3 is 2.69 bits per heavy atom. The van der Waals surface area contributed by atoms with Crippen LogP contribution >= 0.6 is 11.6 Å². The summed E-state index contributed by atoms with van der Waals surface area (Å²) in [5.41, 5.74) is 1.06. The first-order valence-corrected chi connectivity index (χ1v) is 10.0. The maximum Gasteiger partial charge on any atom is 0.410 e. The average molecular weight is 417 g/mol. The molecule has 29 heavy (non-hydrogen) atoms. The number of carbonyl (C=O) groups excluding carboxylic acids is 1. The number of hydrogen-bond donors (Lipinski definition) is 1. The van der Waals surface area contributed by atoms with Gasteiger partial charge in [0.1, 0.15) is 23.5 Å². The Balaban J connectivity index is 1.61. The second kappa shape index (κ2) is 8.75. The molecule has 8 heteroatoms. The number of piperidine rings is 1. The average Bonchev–Trinajstić information content (AvgIpc) is 2.67. The molecule has 0 spiro atoms. The summed E-state index contributed by atoms with van der Waals surface area (Å²) in [7, 11) is 0. The molecule has 154 valence electrons. The van der Waals surface area contributed by atoms with E-state index in [0.29, 0.717) is 37.2 Å². The van der Waals surface area contributed by atoms with Gasteiger partial charge in [-0.15, -0.1) is 0 Å². The largest absolute Gasteiger partial charge is 0.489 e. The molecule has 1 atom stereocenters. The number of halogens is 1. The number of alkyl halides is 1. The van der Waals surface area contributed by atoms with Gasteiger partial charge in [-0.05, 0) is 50.6 Å². The summed E-state index contributed by atoms with van der Waals surface area (Å²) in [6, 6.07) is 7.65. The summed E-state index contributed by atoms with van der Waals surface area (Å²) in [4.78, 5) is 17.9. The lowest BCUT2D eigenvalue weighted by Gasteiger charge is -2.33. The van der Waals surface area contributed by atoms with Crippen LogP contribution in [0.15, 0.2) is 29.3 Å². The van der Waals surface area contributed by atoms with Crippen molar-refractivity contribution in [1.29, 1.82) is 5.26 Å². The van der Waals surface area contributed by atoms with E-state index < -0.39 is 11.2 Å². The number of likely N-dealkylation sites (tertiary alicyclic amines) is 1. The van der Waals surface area contributed by atoms with Crippen molar-refractivity contribution < 1.29 is 14.3 Å². The highest BCUT2D eigenvalue weighted by Gasteiger charge is 2.28. The van der Waals surface area contributed by atoms with Crippen molar-refractivity contribution in [1.82, 2.24) is 10.2 Å². The van der Waals surface area contributed by atoms with Crippen LogP contribution in [-0.4, -0.2) is 47.6 Å². The molecular formula is C21H25ClN4O3. The third kappa shape index (κ3) is 5.64. The number of benzene rings is 1. The lowest BCUT2D eigenvalue weighted by Crippen LogP contribution is -2.44. The molecule has 1 fully saturated rings. The third-order valence-corrected chi connectivity index (χ3v) is 4.75. The Morgan fingerprint density at radius 2 is 2.07 bits per heavy atom. The predicted octanol–water partition coefficient (Wildman–Crippen LogP) is 3.87. The zero-order chi connectivity index (χ0) is 21.0. The fourth-order valence-corrected chi connectivity index (χ4v) is 3.32. The molecule has 3 rings (SSSR count). The minimum absolute atomic E-state index is 0.0574. The van der Waals surface area contributed by atoms with Gasteiger partial charge in [-0.2, -0.15) is 5.26 Å². The number of ether oxygens (including phenoxy) is 2. The minimum atomic E-state index is -0.522. The van der Waals surface area contributed by atoms with Gasteiger partial charge in [-0.1, -0.05) is 11.6 Å². The Morgan fingerprint density at radius 1 is 1.34 bits per heavy atom. The van der Waals surface area contributed by atoms with Crippen molar-refractivity contribution >= 4 is 29.6 Å². The molecular weight excluding hydrogens is 392 g/mol. The Hall–Kier alpha value is -2.72. The van der Waals surface area contributed by atoms with Gasteiger partial charge in [0.05, 0.1) is 5.56 Å². The Bertz CT molecular complexity index is 862. The van der Waals surface area contributed by atoms with Crippen LogP contribution in [0.25, 0.3) is 5.70 Å². The maximum absolute atomic E-state index is 12.2. The molecule has 1 aromatic rings. The van der Waals surface area contributed by atoms with Crippen molar-refractivity contribution in [2.75, 3.05) is 13.1 Å². The summed E-state index contributed by atoms with van der Waals surface area (Å²) >= 11 is 5.99. The number of nitriles is 1. The molecule has 0 aromatic heterocycles. The topological polar surface area (TPSA) is 86.9 Å². The normalized spacial score (nSPS) is 19.8. The van der Waals surface area contributed by atoms with E-state index in [0.717, 1.165) is 11.3 Å². The highest BCUT2D eigenvalue weighted by atomic mass is 35.5. The molecule has 0 aliphatic carbocycles. The molecule has 2 aliphatic heterocycles. The first-order chi connectivity index (χ1) is 13.7. The number of rotatable bonds is 3. The standard InChI is InChI=1S/C21H25ClN4O3/c1-21(2,3)29-20(27)26-10-7-16(8-11-26)28-18-5-4-14(12-15(18)13-23)17-6-9-24-19(22)25-17/h4-6,9,12,16,19,25H,7-8,10-11H2,1-3H3. The Labute approximate surface area is 175 Å². The molecule has 1 saturated heterocycles. The van der Waals surface area contributed by atoms with E-state index in [9.17, 15) is 10.1 Å². The molecule has 0 saturated carbocycles. The minimum Gasteiger partial charge on any atom is -0.489 e. The number of aliphatic imine (C=N–C) groups is 1. The summed E-state index contributed by atoms with van der Waals surface area (Å²) in [5, 5.41) is 12.6. The summed E-state index contributed by atoms with van der Waals surface area (Å²) < 4.78 is 11.5. The summed E-state index contributed by atoms with van der Waals surface area (Å²) in [6.07, 6.45) is 4.46. The maximum atomic E-state index is 12.2. The molecule has 1 aromatic carbocycles. The lowest BCUT2D eigenvalue weighted by atomic mass is 10.1. The zero-order valence-electron chi connectivity index (χ0n) is 16.8. The van der Waals surface area contributed by atoms with Crippen LogP contribution in [-0.2, 0) is 4.74 Å². The van der Waals surface area contributed by atoms with Gasteiger partial charge >= 0.3 is 6.09 Å².